The fraction of sp³-hybridized carbons (Fsp3) is 0.292. The topological polar surface area (TPSA) is 82.0 Å². The first-order valence-corrected chi connectivity index (χ1v) is 10.7. The van der Waals surface area contributed by atoms with Crippen molar-refractivity contribution in [3.05, 3.63) is 78.5 Å². The van der Waals surface area contributed by atoms with Crippen LogP contribution in [0, 0.1) is 5.92 Å². The average Bonchev–Trinajstić information content (AvgIpc) is 3.45. The molecule has 7 nitrogen and oxygen atoms in total. The third-order valence-corrected chi connectivity index (χ3v) is 6.14. The number of imidazole rings is 1. The number of fused-ring (bicyclic) bond motifs is 1. The fourth-order valence-electron chi connectivity index (χ4n) is 4.41. The number of benzene rings is 2. The molecule has 0 aliphatic carbocycles. The van der Waals surface area contributed by atoms with Gasteiger partial charge in [0, 0.05) is 37.1 Å². The number of piperidine rings is 1. The molecule has 2 aromatic carbocycles. The van der Waals surface area contributed by atoms with Gasteiger partial charge in [0.15, 0.2) is 0 Å². The molecule has 7 heteroatoms. The summed E-state index contributed by atoms with van der Waals surface area (Å²) in [5.74, 6) is 0.270. The Kier molecular flexibility index (Phi) is 5.26. The quantitative estimate of drug-likeness (QED) is 0.525. The van der Waals surface area contributed by atoms with Gasteiger partial charge in [-0.05, 0) is 55.6 Å². The molecule has 2 N–H and O–H groups in total. The van der Waals surface area contributed by atoms with E-state index in [0.717, 1.165) is 43.2 Å². The SMILES string of the molecule is NC(=O)c1cccc2cn(-c3ccc(CN4CCC(Cn5ccnc5)CC4)cc3)nc12. The lowest BCUT2D eigenvalue weighted by Crippen LogP contribution is -2.34. The van der Waals surface area contributed by atoms with Gasteiger partial charge in [-0.1, -0.05) is 24.3 Å². The average molecular weight is 415 g/mol. The van der Waals surface area contributed by atoms with Gasteiger partial charge in [-0.15, -0.1) is 0 Å². The van der Waals surface area contributed by atoms with E-state index >= 15 is 0 Å². The molecule has 1 aliphatic heterocycles. The molecule has 0 bridgehead atoms. The molecule has 158 valence electrons. The van der Waals surface area contributed by atoms with Crippen LogP contribution in [0.25, 0.3) is 16.6 Å². The molecule has 0 atom stereocenters. The monoisotopic (exact) mass is 414 g/mol. The number of nitrogens with zero attached hydrogens (tertiary/aromatic N) is 5. The van der Waals surface area contributed by atoms with E-state index in [1.807, 2.05) is 41.7 Å². The van der Waals surface area contributed by atoms with Crippen molar-refractivity contribution < 1.29 is 4.79 Å². The van der Waals surface area contributed by atoms with Crippen LogP contribution in [0.4, 0.5) is 0 Å². The van der Waals surface area contributed by atoms with Gasteiger partial charge in [0.1, 0.15) is 5.52 Å². The number of likely N-dealkylation sites (tertiary alicyclic amines) is 1. The molecule has 1 amide bonds. The van der Waals surface area contributed by atoms with E-state index in [9.17, 15) is 4.79 Å². The summed E-state index contributed by atoms with van der Waals surface area (Å²) < 4.78 is 3.99. The van der Waals surface area contributed by atoms with E-state index in [-0.39, 0.29) is 0 Å². The van der Waals surface area contributed by atoms with Crippen LogP contribution >= 0.6 is 0 Å². The Morgan fingerprint density at radius 1 is 1.10 bits per heavy atom. The predicted octanol–water partition coefficient (Wildman–Crippen LogP) is 3.23. The number of aromatic nitrogens is 4. The number of carbonyl (C=O) groups is 1. The van der Waals surface area contributed by atoms with Crippen LogP contribution in [0.1, 0.15) is 28.8 Å². The fourth-order valence-corrected chi connectivity index (χ4v) is 4.41. The Bertz CT molecular complexity index is 1170. The normalized spacial score (nSPS) is 15.5. The summed E-state index contributed by atoms with van der Waals surface area (Å²) in [4.78, 5) is 18.3. The van der Waals surface area contributed by atoms with Crippen molar-refractivity contribution in [3.8, 4) is 5.69 Å². The van der Waals surface area contributed by atoms with Crippen LogP contribution in [-0.4, -0.2) is 43.2 Å². The zero-order valence-corrected chi connectivity index (χ0v) is 17.4. The first-order chi connectivity index (χ1) is 15.2. The van der Waals surface area contributed by atoms with Crippen LogP contribution in [0.2, 0.25) is 0 Å². The molecule has 0 spiro atoms. The highest BCUT2D eigenvalue weighted by Crippen LogP contribution is 2.22. The molecule has 1 fully saturated rings. The minimum Gasteiger partial charge on any atom is -0.366 e. The van der Waals surface area contributed by atoms with E-state index in [0.29, 0.717) is 11.1 Å². The van der Waals surface area contributed by atoms with Gasteiger partial charge < -0.3 is 10.3 Å². The van der Waals surface area contributed by atoms with Gasteiger partial charge in [0.25, 0.3) is 5.91 Å². The predicted molar refractivity (Wildman–Crippen MR) is 120 cm³/mol. The molecule has 1 saturated heterocycles. The zero-order chi connectivity index (χ0) is 21.2. The lowest BCUT2D eigenvalue weighted by Gasteiger charge is -2.32. The maximum Gasteiger partial charge on any atom is 0.250 e. The van der Waals surface area contributed by atoms with Crippen LogP contribution in [0.3, 0.4) is 0 Å². The summed E-state index contributed by atoms with van der Waals surface area (Å²) in [5, 5.41) is 5.49. The number of rotatable bonds is 6. The van der Waals surface area contributed by atoms with Gasteiger partial charge in [-0.3, -0.25) is 9.69 Å². The minimum atomic E-state index is -0.458. The second-order valence-corrected chi connectivity index (χ2v) is 8.33. The summed E-state index contributed by atoms with van der Waals surface area (Å²) in [6.45, 7) is 4.28. The Hall–Kier alpha value is -3.45. The van der Waals surface area contributed by atoms with Crippen molar-refractivity contribution in [2.75, 3.05) is 13.1 Å². The Morgan fingerprint density at radius 3 is 2.61 bits per heavy atom. The number of hydrogen-bond donors (Lipinski definition) is 1. The summed E-state index contributed by atoms with van der Waals surface area (Å²) in [6, 6.07) is 14.0. The van der Waals surface area contributed by atoms with Gasteiger partial charge in [-0.2, -0.15) is 5.10 Å². The van der Waals surface area contributed by atoms with Crippen molar-refractivity contribution in [1.82, 2.24) is 24.2 Å². The Labute approximate surface area is 181 Å². The standard InChI is InChI=1S/C24H26N6O/c25-24(31)22-3-1-2-20-16-30(27-23(20)22)21-6-4-18(5-7-21)14-28-11-8-19(9-12-28)15-29-13-10-26-17-29/h1-7,10,13,16-17,19H,8-9,11-12,14-15H2,(H2,25,31). The molecular weight excluding hydrogens is 388 g/mol. The molecule has 4 aromatic rings. The molecule has 3 heterocycles. The minimum absolute atomic E-state index is 0.448. The summed E-state index contributed by atoms with van der Waals surface area (Å²) in [6.07, 6.45) is 10.2. The van der Waals surface area contributed by atoms with Crippen LogP contribution in [0.5, 0.6) is 0 Å². The van der Waals surface area contributed by atoms with Crippen molar-refractivity contribution in [2.45, 2.75) is 25.9 Å². The van der Waals surface area contributed by atoms with Crippen LogP contribution < -0.4 is 5.73 Å². The van der Waals surface area contributed by atoms with Crippen molar-refractivity contribution >= 4 is 16.8 Å². The van der Waals surface area contributed by atoms with E-state index in [4.69, 9.17) is 5.73 Å². The molecule has 1 aliphatic rings. The first kappa shape index (κ1) is 19.5. The summed E-state index contributed by atoms with van der Waals surface area (Å²) in [7, 11) is 0. The second kappa shape index (κ2) is 8.35. The number of primary amides is 1. The van der Waals surface area contributed by atoms with Gasteiger partial charge in [0.05, 0.1) is 17.6 Å². The molecule has 0 radical (unpaired) electrons. The van der Waals surface area contributed by atoms with Gasteiger partial charge >= 0.3 is 0 Å². The lowest BCUT2D eigenvalue weighted by atomic mass is 9.96. The summed E-state index contributed by atoms with van der Waals surface area (Å²) >= 11 is 0. The van der Waals surface area contributed by atoms with E-state index < -0.39 is 5.91 Å². The van der Waals surface area contributed by atoms with E-state index in [1.54, 1.807) is 6.07 Å². The first-order valence-electron chi connectivity index (χ1n) is 10.7. The number of hydrogen-bond acceptors (Lipinski definition) is 4. The molecule has 31 heavy (non-hydrogen) atoms. The van der Waals surface area contributed by atoms with Gasteiger partial charge in [0.2, 0.25) is 0 Å². The van der Waals surface area contributed by atoms with Crippen LogP contribution in [0.15, 0.2) is 67.4 Å². The number of amides is 1. The largest absolute Gasteiger partial charge is 0.366 e. The third-order valence-electron chi connectivity index (χ3n) is 6.14. The third kappa shape index (κ3) is 4.22. The maximum absolute atomic E-state index is 11.7. The Morgan fingerprint density at radius 2 is 1.90 bits per heavy atom. The van der Waals surface area contributed by atoms with Crippen molar-refractivity contribution in [1.29, 1.82) is 0 Å². The number of carbonyl (C=O) groups excluding carboxylic acids is 1. The molecule has 5 rings (SSSR count). The maximum atomic E-state index is 11.7. The molecule has 0 unspecified atom stereocenters. The molecular formula is C24H26N6O. The highest BCUT2D eigenvalue weighted by Gasteiger charge is 2.19. The summed E-state index contributed by atoms with van der Waals surface area (Å²) in [5.41, 5.74) is 8.83. The Balaban J connectivity index is 1.22. The zero-order valence-electron chi connectivity index (χ0n) is 17.4. The highest BCUT2D eigenvalue weighted by molar-refractivity contribution is 6.04. The lowest BCUT2D eigenvalue weighted by molar-refractivity contribution is 0.100. The molecule has 2 aromatic heterocycles. The van der Waals surface area contributed by atoms with Crippen LogP contribution in [-0.2, 0) is 13.1 Å². The van der Waals surface area contributed by atoms with Crippen molar-refractivity contribution in [2.24, 2.45) is 11.7 Å². The van der Waals surface area contributed by atoms with Gasteiger partial charge in [-0.25, -0.2) is 9.67 Å². The van der Waals surface area contributed by atoms with Crippen molar-refractivity contribution in [3.63, 3.8) is 0 Å². The molecule has 0 saturated carbocycles. The van der Waals surface area contributed by atoms with E-state index in [2.05, 4.69) is 43.8 Å². The smallest absolute Gasteiger partial charge is 0.250 e. The number of nitrogens with two attached hydrogens (primary N) is 1. The van der Waals surface area contributed by atoms with E-state index in [1.165, 1.54) is 18.4 Å². The highest BCUT2D eigenvalue weighted by atomic mass is 16.1. The second-order valence-electron chi connectivity index (χ2n) is 8.33.